The standard InChI is InChI=1S/C24H22Cl4N6/c25-16-7-15(8-17(26)9-16)11-30-24-31-12-20-22(33-24)34(13-14-3-2-6-29-10-14)23(32-20)21-18(27)4-1-5-19(21)28/h1,4-5,7-9,12,14,29H,2-3,6,10-11,13H2,(H,30,31,33)/t14-/m1/s1. The Morgan fingerprint density at radius 1 is 1.03 bits per heavy atom. The van der Waals surface area contributed by atoms with Crippen LogP contribution in [-0.4, -0.2) is 32.6 Å². The van der Waals surface area contributed by atoms with Gasteiger partial charge < -0.3 is 15.2 Å². The highest BCUT2D eigenvalue weighted by atomic mass is 35.5. The van der Waals surface area contributed by atoms with Crippen LogP contribution in [-0.2, 0) is 13.1 Å². The molecule has 10 heteroatoms. The molecule has 5 rings (SSSR count). The van der Waals surface area contributed by atoms with Crippen LogP contribution in [0.4, 0.5) is 5.95 Å². The van der Waals surface area contributed by atoms with Crippen molar-refractivity contribution in [2.45, 2.75) is 25.9 Å². The van der Waals surface area contributed by atoms with Crippen LogP contribution in [0.3, 0.4) is 0 Å². The first-order valence-electron chi connectivity index (χ1n) is 11.0. The number of halogens is 4. The van der Waals surface area contributed by atoms with Gasteiger partial charge in [0.15, 0.2) is 5.65 Å². The van der Waals surface area contributed by atoms with Crippen molar-refractivity contribution in [1.82, 2.24) is 24.8 Å². The van der Waals surface area contributed by atoms with E-state index in [1.807, 2.05) is 30.3 Å². The molecule has 1 saturated heterocycles. The van der Waals surface area contributed by atoms with E-state index in [0.29, 0.717) is 55.4 Å². The maximum Gasteiger partial charge on any atom is 0.225 e. The Morgan fingerprint density at radius 3 is 2.50 bits per heavy atom. The van der Waals surface area contributed by atoms with E-state index in [1.54, 1.807) is 12.3 Å². The third-order valence-electron chi connectivity index (χ3n) is 5.89. The fourth-order valence-electron chi connectivity index (χ4n) is 4.31. The molecule has 2 aromatic heterocycles. The van der Waals surface area contributed by atoms with Gasteiger partial charge in [-0.1, -0.05) is 52.5 Å². The molecule has 1 aliphatic heterocycles. The summed E-state index contributed by atoms with van der Waals surface area (Å²) in [5, 5.41) is 9.02. The third-order valence-corrected chi connectivity index (χ3v) is 6.95. The van der Waals surface area contributed by atoms with E-state index in [9.17, 15) is 0 Å². The van der Waals surface area contributed by atoms with Crippen molar-refractivity contribution in [3.63, 3.8) is 0 Å². The first kappa shape index (κ1) is 23.6. The average molecular weight is 536 g/mol. The summed E-state index contributed by atoms with van der Waals surface area (Å²) in [7, 11) is 0. The number of nitrogens with one attached hydrogen (secondary N) is 2. The zero-order chi connectivity index (χ0) is 23.7. The number of hydrogen-bond donors (Lipinski definition) is 2. The average Bonchev–Trinajstić information content (AvgIpc) is 3.15. The molecule has 1 fully saturated rings. The van der Waals surface area contributed by atoms with Gasteiger partial charge in [0.05, 0.1) is 21.8 Å². The third kappa shape index (κ3) is 5.11. The van der Waals surface area contributed by atoms with Crippen LogP contribution in [0, 0.1) is 5.92 Å². The van der Waals surface area contributed by atoms with E-state index in [4.69, 9.17) is 56.4 Å². The Morgan fingerprint density at radius 2 is 1.79 bits per heavy atom. The minimum absolute atomic E-state index is 0.450. The number of hydrogen-bond acceptors (Lipinski definition) is 5. The number of nitrogens with zero attached hydrogens (tertiary/aromatic N) is 4. The lowest BCUT2D eigenvalue weighted by atomic mass is 9.99. The number of anilines is 1. The predicted octanol–water partition coefficient (Wildman–Crippen LogP) is 6.72. The molecule has 2 aromatic carbocycles. The topological polar surface area (TPSA) is 67.7 Å². The van der Waals surface area contributed by atoms with E-state index in [0.717, 1.165) is 43.7 Å². The van der Waals surface area contributed by atoms with Gasteiger partial charge in [-0.15, -0.1) is 0 Å². The smallest absolute Gasteiger partial charge is 0.225 e. The fourth-order valence-corrected chi connectivity index (χ4v) is 5.45. The molecule has 4 aromatic rings. The largest absolute Gasteiger partial charge is 0.350 e. The maximum atomic E-state index is 6.56. The summed E-state index contributed by atoms with van der Waals surface area (Å²) in [4.78, 5) is 14.1. The lowest BCUT2D eigenvalue weighted by Crippen LogP contribution is -2.32. The normalized spacial score (nSPS) is 16.2. The monoisotopic (exact) mass is 534 g/mol. The summed E-state index contributed by atoms with van der Waals surface area (Å²) in [5.41, 5.74) is 3.06. The molecule has 3 heterocycles. The number of piperidine rings is 1. The number of imidazole rings is 1. The van der Waals surface area contributed by atoms with E-state index < -0.39 is 0 Å². The van der Waals surface area contributed by atoms with Crippen LogP contribution in [0.25, 0.3) is 22.6 Å². The first-order valence-corrected chi connectivity index (χ1v) is 12.6. The highest BCUT2D eigenvalue weighted by Crippen LogP contribution is 2.36. The Balaban J connectivity index is 1.53. The van der Waals surface area contributed by atoms with Crippen molar-refractivity contribution in [3.05, 3.63) is 68.2 Å². The lowest BCUT2D eigenvalue weighted by molar-refractivity contribution is 0.341. The van der Waals surface area contributed by atoms with Crippen molar-refractivity contribution >= 4 is 63.5 Å². The molecule has 0 saturated carbocycles. The SMILES string of the molecule is Clc1cc(Cl)cc(CNc2ncc3nc(-c4c(Cl)cccc4Cl)n(C[C@@H]4CCCNC4)c3n2)c1. The molecule has 0 bridgehead atoms. The summed E-state index contributed by atoms with van der Waals surface area (Å²) in [5.74, 6) is 1.64. The zero-order valence-electron chi connectivity index (χ0n) is 18.2. The number of benzene rings is 2. The lowest BCUT2D eigenvalue weighted by Gasteiger charge is -2.24. The van der Waals surface area contributed by atoms with Crippen molar-refractivity contribution in [2.24, 2.45) is 5.92 Å². The molecule has 176 valence electrons. The Kier molecular flexibility index (Phi) is 7.14. The van der Waals surface area contributed by atoms with Gasteiger partial charge in [0.25, 0.3) is 0 Å². The summed E-state index contributed by atoms with van der Waals surface area (Å²) in [6.07, 6.45) is 4.00. The van der Waals surface area contributed by atoms with Crippen LogP contribution in [0.15, 0.2) is 42.6 Å². The predicted molar refractivity (Wildman–Crippen MR) is 140 cm³/mol. The molecule has 0 radical (unpaired) electrons. The van der Waals surface area contributed by atoms with Gasteiger partial charge in [0.2, 0.25) is 5.95 Å². The number of aromatic nitrogens is 4. The molecule has 0 spiro atoms. The molecule has 1 atom stereocenters. The van der Waals surface area contributed by atoms with Gasteiger partial charge in [-0.2, -0.15) is 4.98 Å². The van der Waals surface area contributed by atoms with Crippen molar-refractivity contribution in [2.75, 3.05) is 18.4 Å². The first-order chi connectivity index (χ1) is 16.5. The summed E-state index contributed by atoms with van der Waals surface area (Å²) >= 11 is 25.4. The van der Waals surface area contributed by atoms with Crippen molar-refractivity contribution < 1.29 is 0 Å². The highest BCUT2D eigenvalue weighted by molar-refractivity contribution is 6.39. The van der Waals surface area contributed by atoms with Gasteiger partial charge >= 0.3 is 0 Å². The molecule has 0 amide bonds. The van der Waals surface area contributed by atoms with Crippen LogP contribution >= 0.6 is 46.4 Å². The Hall–Kier alpha value is -2.09. The summed E-state index contributed by atoms with van der Waals surface area (Å²) < 4.78 is 2.11. The molecule has 2 N–H and O–H groups in total. The van der Waals surface area contributed by atoms with Crippen LogP contribution in [0.2, 0.25) is 20.1 Å². The number of rotatable bonds is 6. The summed E-state index contributed by atoms with van der Waals surface area (Å²) in [6.45, 7) is 3.23. The van der Waals surface area contributed by atoms with Gasteiger partial charge in [-0.05, 0) is 67.7 Å². The molecule has 0 unspecified atom stereocenters. The minimum atomic E-state index is 0.450. The van der Waals surface area contributed by atoms with Crippen LogP contribution in [0.1, 0.15) is 18.4 Å². The Labute approximate surface area is 217 Å². The van der Waals surface area contributed by atoms with Crippen LogP contribution in [0.5, 0.6) is 0 Å². The van der Waals surface area contributed by atoms with E-state index in [1.165, 1.54) is 0 Å². The van der Waals surface area contributed by atoms with Gasteiger partial charge in [0, 0.05) is 23.1 Å². The Bertz CT molecular complexity index is 1290. The molecule has 0 aliphatic carbocycles. The number of fused-ring (bicyclic) bond motifs is 1. The van der Waals surface area contributed by atoms with Crippen LogP contribution < -0.4 is 10.6 Å². The minimum Gasteiger partial charge on any atom is -0.350 e. The molecule has 1 aliphatic rings. The molecule has 6 nitrogen and oxygen atoms in total. The fraction of sp³-hybridized carbons (Fsp3) is 0.292. The van der Waals surface area contributed by atoms with Crippen molar-refractivity contribution in [3.8, 4) is 11.4 Å². The quantitative estimate of drug-likeness (QED) is 0.287. The summed E-state index contributed by atoms with van der Waals surface area (Å²) in [6, 6.07) is 10.9. The molecular formula is C24H22Cl4N6. The van der Waals surface area contributed by atoms with Crippen molar-refractivity contribution in [1.29, 1.82) is 0 Å². The zero-order valence-corrected chi connectivity index (χ0v) is 21.2. The second-order valence-corrected chi connectivity index (χ2v) is 10.1. The van der Waals surface area contributed by atoms with Gasteiger partial charge in [0.1, 0.15) is 11.3 Å². The van der Waals surface area contributed by atoms with E-state index >= 15 is 0 Å². The molecule has 34 heavy (non-hydrogen) atoms. The van der Waals surface area contributed by atoms with Gasteiger partial charge in [-0.3, -0.25) is 0 Å². The molecular weight excluding hydrogens is 514 g/mol. The van der Waals surface area contributed by atoms with Gasteiger partial charge in [-0.25, -0.2) is 9.97 Å². The highest BCUT2D eigenvalue weighted by Gasteiger charge is 2.23. The van der Waals surface area contributed by atoms with E-state index in [2.05, 4.69) is 20.2 Å². The maximum absolute atomic E-state index is 6.56. The van der Waals surface area contributed by atoms with E-state index in [-0.39, 0.29) is 0 Å². The second kappa shape index (κ2) is 10.3. The second-order valence-electron chi connectivity index (χ2n) is 8.39.